The summed E-state index contributed by atoms with van der Waals surface area (Å²) >= 11 is 0. The van der Waals surface area contributed by atoms with Crippen LogP contribution in [0.15, 0.2) is 60.7 Å². The van der Waals surface area contributed by atoms with Gasteiger partial charge in [-0.2, -0.15) is 8.78 Å². The van der Waals surface area contributed by atoms with E-state index in [1.54, 1.807) is 43.3 Å². The van der Waals surface area contributed by atoms with E-state index in [1.165, 1.54) is 24.3 Å². The van der Waals surface area contributed by atoms with E-state index in [1.807, 2.05) is 0 Å². The molecule has 0 aromatic heterocycles. The third-order valence-electron chi connectivity index (χ3n) is 4.92. The number of nitrogens with one attached hydrogen (secondary N) is 1. The summed E-state index contributed by atoms with van der Waals surface area (Å²) in [5.41, 5.74) is 8.31. The highest BCUT2D eigenvalue weighted by molar-refractivity contribution is 7.90. The van der Waals surface area contributed by atoms with Crippen molar-refractivity contribution in [2.45, 2.75) is 19.6 Å². The molecule has 3 aromatic carbocycles. The monoisotopic (exact) mass is 494 g/mol. The second kappa shape index (κ2) is 10.7. The summed E-state index contributed by atoms with van der Waals surface area (Å²) < 4.78 is 73.7. The van der Waals surface area contributed by atoms with Gasteiger partial charge < -0.3 is 20.5 Å². The number of halogens is 3. The molecule has 0 saturated heterocycles. The molecule has 0 saturated carbocycles. The molecule has 0 radical (unpaired) electrons. The Balaban J connectivity index is 1.96. The van der Waals surface area contributed by atoms with Gasteiger partial charge in [0, 0.05) is 11.8 Å². The van der Waals surface area contributed by atoms with E-state index in [2.05, 4.69) is 10.1 Å². The number of hydrogen-bond acceptors (Lipinski definition) is 6. The number of ether oxygens (including phenoxy) is 2. The normalized spacial score (nSPS) is 12.4. The fourth-order valence-corrected chi connectivity index (χ4v) is 4.35. The number of alkyl halides is 2. The summed E-state index contributed by atoms with van der Waals surface area (Å²) in [6.45, 7) is -1.16. The lowest BCUT2D eigenvalue weighted by atomic mass is 10.0. The first-order valence-electron chi connectivity index (χ1n) is 10.4. The van der Waals surface area contributed by atoms with Gasteiger partial charge in [0.25, 0.3) is 0 Å². The molecule has 1 unspecified atom stereocenters. The van der Waals surface area contributed by atoms with E-state index in [4.69, 9.17) is 10.5 Å². The minimum atomic E-state index is -3.46. The molecular formula is C24H25F3N2O4S. The molecule has 3 rings (SSSR count). The van der Waals surface area contributed by atoms with Gasteiger partial charge in [0.05, 0.1) is 29.8 Å². The van der Waals surface area contributed by atoms with Crippen molar-refractivity contribution in [3.8, 4) is 22.6 Å². The molecule has 0 aliphatic heterocycles. The number of nitrogens with two attached hydrogens (primary N) is 1. The van der Waals surface area contributed by atoms with Gasteiger partial charge in [-0.1, -0.05) is 30.3 Å². The van der Waals surface area contributed by atoms with Crippen LogP contribution in [0.3, 0.4) is 0 Å². The third kappa shape index (κ3) is 6.57. The molecule has 0 heterocycles. The summed E-state index contributed by atoms with van der Waals surface area (Å²) in [7, 11) is -3.46. The first-order chi connectivity index (χ1) is 16.1. The third-order valence-corrected chi connectivity index (χ3v) is 5.86. The topological polar surface area (TPSA) is 90.7 Å². The molecule has 1 atom stereocenters. The van der Waals surface area contributed by atoms with E-state index in [9.17, 15) is 21.6 Å². The fraction of sp³-hybridized carbons (Fsp3) is 0.250. The van der Waals surface area contributed by atoms with Crippen molar-refractivity contribution in [3.63, 3.8) is 0 Å². The summed E-state index contributed by atoms with van der Waals surface area (Å²) in [5, 5.41) is 3.10. The second-order valence-corrected chi connectivity index (χ2v) is 9.77. The zero-order valence-electron chi connectivity index (χ0n) is 18.6. The van der Waals surface area contributed by atoms with Crippen molar-refractivity contribution in [1.82, 2.24) is 0 Å². The largest absolute Gasteiger partial charge is 0.490 e. The lowest BCUT2D eigenvalue weighted by Crippen LogP contribution is -2.21. The van der Waals surface area contributed by atoms with Gasteiger partial charge in [-0.3, -0.25) is 0 Å². The van der Waals surface area contributed by atoms with E-state index < -0.39 is 28.3 Å². The highest BCUT2D eigenvalue weighted by Crippen LogP contribution is 2.35. The van der Waals surface area contributed by atoms with Gasteiger partial charge >= 0.3 is 6.61 Å². The van der Waals surface area contributed by atoms with E-state index >= 15 is 0 Å². The Hall–Kier alpha value is -3.40. The van der Waals surface area contributed by atoms with Crippen LogP contribution < -0.4 is 20.5 Å². The molecular weight excluding hydrogens is 469 g/mol. The number of rotatable bonds is 10. The summed E-state index contributed by atoms with van der Waals surface area (Å²) in [6.07, 6.45) is 1.09. The van der Waals surface area contributed by atoms with Crippen LogP contribution >= 0.6 is 0 Å². The van der Waals surface area contributed by atoms with Crippen LogP contribution in [0.4, 0.5) is 24.5 Å². The van der Waals surface area contributed by atoms with Gasteiger partial charge in [0.1, 0.15) is 15.7 Å². The molecule has 0 aliphatic rings. The first kappa shape index (κ1) is 25.2. The zero-order chi connectivity index (χ0) is 24.9. The molecule has 0 amide bonds. The molecule has 3 aromatic rings. The van der Waals surface area contributed by atoms with Crippen molar-refractivity contribution in [1.29, 1.82) is 0 Å². The number of anilines is 2. The highest BCUT2D eigenvalue weighted by atomic mass is 32.2. The summed E-state index contributed by atoms with van der Waals surface area (Å²) in [6, 6.07) is 14.6. The maximum atomic E-state index is 14.1. The van der Waals surface area contributed by atoms with Crippen molar-refractivity contribution in [3.05, 3.63) is 72.0 Å². The average Bonchev–Trinajstić information content (AvgIpc) is 2.75. The molecule has 182 valence electrons. The Labute approximate surface area is 196 Å². The Morgan fingerprint density at radius 1 is 1.03 bits per heavy atom. The minimum absolute atomic E-state index is 0.0588. The maximum Gasteiger partial charge on any atom is 0.387 e. The van der Waals surface area contributed by atoms with Crippen molar-refractivity contribution < 1.29 is 31.1 Å². The van der Waals surface area contributed by atoms with Gasteiger partial charge in [0.15, 0.2) is 11.5 Å². The molecule has 0 bridgehead atoms. The van der Waals surface area contributed by atoms with Crippen molar-refractivity contribution in [2.75, 3.05) is 29.7 Å². The van der Waals surface area contributed by atoms with E-state index in [0.29, 0.717) is 22.4 Å². The lowest BCUT2D eigenvalue weighted by Gasteiger charge is -2.22. The Kier molecular flexibility index (Phi) is 7.93. The SMILES string of the molecule is CCOc1cc(C(CS(C)(=O)=O)Nc2ccc(-c3ccccc3F)cc2N)ccc1OC(F)F. The van der Waals surface area contributed by atoms with Crippen LogP contribution in [-0.4, -0.2) is 33.6 Å². The Morgan fingerprint density at radius 3 is 2.38 bits per heavy atom. The second-order valence-electron chi connectivity index (χ2n) is 7.59. The molecule has 0 aliphatic carbocycles. The van der Waals surface area contributed by atoms with Crippen LogP contribution in [0.1, 0.15) is 18.5 Å². The van der Waals surface area contributed by atoms with Gasteiger partial charge in [-0.05, 0) is 48.4 Å². The van der Waals surface area contributed by atoms with Crippen molar-refractivity contribution >= 4 is 21.2 Å². The first-order valence-corrected chi connectivity index (χ1v) is 12.4. The van der Waals surface area contributed by atoms with E-state index in [-0.39, 0.29) is 29.5 Å². The molecule has 3 N–H and O–H groups in total. The van der Waals surface area contributed by atoms with Crippen LogP contribution in [0.5, 0.6) is 11.5 Å². The Morgan fingerprint density at radius 2 is 1.76 bits per heavy atom. The summed E-state index contributed by atoms with van der Waals surface area (Å²) in [4.78, 5) is 0. The van der Waals surface area contributed by atoms with E-state index in [0.717, 1.165) is 6.26 Å². The number of nitrogen functional groups attached to an aromatic ring is 1. The minimum Gasteiger partial charge on any atom is -0.490 e. The fourth-order valence-electron chi connectivity index (χ4n) is 3.47. The summed E-state index contributed by atoms with van der Waals surface area (Å²) in [5.74, 6) is -0.801. The predicted octanol–water partition coefficient (Wildman–Crippen LogP) is 5.27. The average molecular weight is 495 g/mol. The molecule has 0 fully saturated rings. The van der Waals surface area contributed by atoms with Gasteiger partial charge in [-0.25, -0.2) is 12.8 Å². The van der Waals surface area contributed by atoms with Gasteiger partial charge in [-0.15, -0.1) is 0 Å². The number of benzene rings is 3. The number of hydrogen-bond donors (Lipinski definition) is 2. The maximum absolute atomic E-state index is 14.1. The van der Waals surface area contributed by atoms with Crippen LogP contribution in [0, 0.1) is 5.82 Å². The highest BCUT2D eigenvalue weighted by Gasteiger charge is 2.21. The quantitative estimate of drug-likeness (QED) is 0.373. The predicted molar refractivity (Wildman–Crippen MR) is 127 cm³/mol. The zero-order valence-corrected chi connectivity index (χ0v) is 19.4. The smallest absolute Gasteiger partial charge is 0.387 e. The molecule has 6 nitrogen and oxygen atoms in total. The number of sulfone groups is 1. The molecule has 10 heteroatoms. The van der Waals surface area contributed by atoms with Crippen LogP contribution in [-0.2, 0) is 9.84 Å². The standard InChI is InChI=1S/C24H25F3N2O4S/c1-3-32-23-13-16(9-11-22(23)33-24(26)27)21(14-34(2,30)31)29-20-10-8-15(12-19(20)28)17-6-4-5-7-18(17)25/h4-13,21,24,29H,3,14,28H2,1-2H3. The molecule has 0 spiro atoms. The van der Waals surface area contributed by atoms with Gasteiger partial charge in [0.2, 0.25) is 0 Å². The van der Waals surface area contributed by atoms with Crippen LogP contribution in [0.25, 0.3) is 11.1 Å². The van der Waals surface area contributed by atoms with Crippen LogP contribution in [0.2, 0.25) is 0 Å². The van der Waals surface area contributed by atoms with Crippen molar-refractivity contribution in [2.24, 2.45) is 0 Å². The molecule has 34 heavy (non-hydrogen) atoms. The lowest BCUT2D eigenvalue weighted by molar-refractivity contribution is -0.0514. The Bertz CT molecular complexity index is 1250.